The zero-order chi connectivity index (χ0) is 10.9. The Hall–Kier alpha value is -0.640. The largest absolute Gasteiger partial charge is 0.312 e. The number of rotatable bonds is 2. The first-order valence-corrected chi connectivity index (χ1v) is 6.82. The lowest BCUT2D eigenvalue weighted by Crippen LogP contribution is -2.41. The van der Waals surface area contributed by atoms with Crippen LogP contribution in [0, 0.1) is 17.2 Å². The lowest BCUT2D eigenvalue weighted by molar-refractivity contribution is 0.339. The van der Waals surface area contributed by atoms with Crippen molar-refractivity contribution in [3.63, 3.8) is 0 Å². The van der Waals surface area contributed by atoms with E-state index in [-0.39, 0.29) is 0 Å². The SMILES string of the molecule is N#CCS(=O)(=O)N1CC2CCCNC2C1. The van der Waals surface area contributed by atoms with Gasteiger partial charge in [-0.25, -0.2) is 8.42 Å². The van der Waals surface area contributed by atoms with E-state index in [1.165, 1.54) is 4.31 Å². The third-order valence-corrected chi connectivity index (χ3v) is 4.78. The molecule has 0 saturated carbocycles. The summed E-state index contributed by atoms with van der Waals surface area (Å²) >= 11 is 0. The molecule has 5 nitrogen and oxygen atoms in total. The van der Waals surface area contributed by atoms with Crippen LogP contribution in [0.15, 0.2) is 0 Å². The van der Waals surface area contributed by atoms with Crippen LogP contribution in [0.25, 0.3) is 0 Å². The van der Waals surface area contributed by atoms with Crippen LogP contribution >= 0.6 is 0 Å². The van der Waals surface area contributed by atoms with Crippen molar-refractivity contribution in [2.24, 2.45) is 5.92 Å². The molecule has 0 amide bonds. The highest BCUT2D eigenvalue weighted by atomic mass is 32.2. The Balaban J connectivity index is 2.06. The van der Waals surface area contributed by atoms with Crippen LogP contribution in [-0.2, 0) is 10.0 Å². The first kappa shape index (κ1) is 10.9. The molecule has 6 heteroatoms. The van der Waals surface area contributed by atoms with Crippen LogP contribution < -0.4 is 5.32 Å². The van der Waals surface area contributed by atoms with Crippen LogP contribution in [-0.4, -0.2) is 44.2 Å². The van der Waals surface area contributed by atoms with Crippen molar-refractivity contribution in [1.82, 2.24) is 9.62 Å². The predicted octanol–water partition coefficient (Wildman–Crippen LogP) is -0.476. The van der Waals surface area contributed by atoms with Gasteiger partial charge in [-0.15, -0.1) is 0 Å². The van der Waals surface area contributed by atoms with Crippen molar-refractivity contribution in [2.45, 2.75) is 18.9 Å². The van der Waals surface area contributed by atoms with Gasteiger partial charge in [-0.1, -0.05) is 0 Å². The zero-order valence-electron chi connectivity index (χ0n) is 8.52. The summed E-state index contributed by atoms with van der Waals surface area (Å²) in [6.45, 7) is 2.10. The van der Waals surface area contributed by atoms with Crippen molar-refractivity contribution in [1.29, 1.82) is 5.26 Å². The molecule has 2 heterocycles. The minimum atomic E-state index is -3.34. The van der Waals surface area contributed by atoms with Crippen LogP contribution in [0.2, 0.25) is 0 Å². The Morgan fingerprint density at radius 1 is 1.47 bits per heavy atom. The number of sulfonamides is 1. The van der Waals surface area contributed by atoms with E-state index in [9.17, 15) is 8.42 Å². The molecule has 1 N–H and O–H groups in total. The van der Waals surface area contributed by atoms with E-state index in [1.807, 2.05) is 0 Å². The summed E-state index contributed by atoms with van der Waals surface area (Å²) in [5.74, 6) is 0.0408. The van der Waals surface area contributed by atoms with Gasteiger partial charge in [0.25, 0.3) is 0 Å². The topological polar surface area (TPSA) is 73.2 Å². The van der Waals surface area contributed by atoms with E-state index < -0.39 is 15.8 Å². The maximum absolute atomic E-state index is 11.7. The third kappa shape index (κ3) is 2.14. The first-order valence-electron chi connectivity index (χ1n) is 5.21. The van der Waals surface area contributed by atoms with Gasteiger partial charge in [-0.2, -0.15) is 9.57 Å². The molecular formula is C9H15N3O2S. The summed E-state index contributed by atoms with van der Waals surface area (Å²) in [5.41, 5.74) is 0. The number of nitriles is 1. The lowest BCUT2D eigenvalue weighted by Gasteiger charge is -2.24. The van der Waals surface area contributed by atoms with Gasteiger partial charge in [0, 0.05) is 19.1 Å². The van der Waals surface area contributed by atoms with E-state index >= 15 is 0 Å². The lowest BCUT2D eigenvalue weighted by atomic mass is 9.94. The van der Waals surface area contributed by atoms with Crippen LogP contribution in [0.4, 0.5) is 0 Å². The maximum atomic E-state index is 11.7. The first-order chi connectivity index (χ1) is 7.13. The number of nitrogens with one attached hydrogen (secondary N) is 1. The molecule has 15 heavy (non-hydrogen) atoms. The monoisotopic (exact) mass is 229 g/mol. The summed E-state index contributed by atoms with van der Waals surface area (Å²) in [4.78, 5) is 0. The van der Waals surface area contributed by atoms with Crippen molar-refractivity contribution in [3.8, 4) is 6.07 Å². The quantitative estimate of drug-likeness (QED) is 0.694. The van der Waals surface area contributed by atoms with E-state index in [4.69, 9.17) is 5.26 Å². The Labute approximate surface area is 90.1 Å². The van der Waals surface area contributed by atoms with Gasteiger partial charge in [0.2, 0.25) is 10.0 Å². The predicted molar refractivity (Wildman–Crippen MR) is 55.5 cm³/mol. The van der Waals surface area contributed by atoms with Crippen LogP contribution in [0.3, 0.4) is 0 Å². The molecule has 0 aromatic rings. The molecule has 0 aliphatic carbocycles. The van der Waals surface area contributed by atoms with Crippen molar-refractivity contribution < 1.29 is 8.42 Å². The molecule has 2 saturated heterocycles. The summed E-state index contributed by atoms with van der Waals surface area (Å²) < 4.78 is 24.8. The van der Waals surface area contributed by atoms with Gasteiger partial charge < -0.3 is 5.32 Å². The fraction of sp³-hybridized carbons (Fsp3) is 0.889. The van der Waals surface area contributed by atoms with Gasteiger partial charge in [-0.3, -0.25) is 0 Å². The Morgan fingerprint density at radius 3 is 2.93 bits per heavy atom. The highest BCUT2D eigenvalue weighted by Gasteiger charge is 2.39. The molecule has 2 atom stereocenters. The van der Waals surface area contributed by atoms with Crippen molar-refractivity contribution >= 4 is 10.0 Å². The second kappa shape index (κ2) is 4.08. The smallest absolute Gasteiger partial charge is 0.227 e. The number of hydrogen-bond acceptors (Lipinski definition) is 4. The van der Waals surface area contributed by atoms with E-state index in [0.29, 0.717) is 25.0 Å². The van der Waals surface area contributed by atoms with E-state index in [0.717, 1.165) is 19.4 Å². The second-order valence-electron chi connectivity index (χ2n) is 4.19. The standard InChI is InChI=1S/C9H15N3O2S/c10-3-5-15(13,14)12-6-8-2-1-4-11-9(8)7-12/h8-9,11H,1-2,4-7H2. The summed E-state index contributed by atoms with van der Waals surface area (Å²) in [5, 5.41) is 11.8. The van der Waals surface area contributed by atoms with Crippen molar-refractivity contribution in [2.75, 3.05) is 25.4 Å². The molecule has 0 aromatic carbocycles. The molecule has 2 fully saturated rings. The molecule has 0 radical (unpaired) electrons. The van der Waals surface area contributed by atoms with Crippen LogP contribution in [0.5, 0.6) is 0 Å². The van der Waals surface area contributed by atoms with Crippen LogP contribution in [0.1, 0.15) is 12.8 Å². The number of piperidine rings is 1. The Morgan fingerprint density at radius 2 is 2.27 bits per heavy atom. The molecule has 2 rings (SSSR count). The van der Waals surface area contributed by atoms with E-state index in [1.54, 1.807) is 6.07 Å². The average molecular weight is 229 g/mol. The van der Waals surface area contributed by atoms with E-state index in [2.05, 4.69) is 5.32 Å². The number of hydrogen-bond donors (Lipinski definition) is 1. The highest BCUT2D eigenvalue weighted by molar-refractivity contribution is 7.89. The number of fused-ring (bicyclic) bond motifs is 1. The fourth-order valence-corrected chi connectivity index (χ4v) is 3.56. The van der Waals surface area contributed by atoms with Gasteiger partial charge in [0.15, 0.2) is 5.75 Å². The van der Waals surface area contributed by atoms with Gasteiger partial charge in [-0.05, 0) is 25.3 Å². The normalized spacial score (nSPS) is 32.2. The minimum Gasteiger partial charge on any atom is -0.312 e. The third-order valence-electron chi connectivity index (χ3n) is 3.21. The van der Waals surface area contributed by atoms with Crippen molar-refractivity contribution in [3.05, 3.63) is 0 Å². The molecule has 84 valence electrons. The molecule has 0 spiro atoms. The van der Waals surface area contributed by atoms with Gasteiger partial charge in [0.1, 0.15) is 0 Å². The molecule has 2 aliphatic rings. The minimum absolute atomic E-state index is 0.298. The molecule has 2 unspecified atom stereocenters. The molecular weight excluding hydrogens is 214 g/mol. The maximum Gasteiger partial charge on any atom is 0.227 e. The molecule has 2 aliphatic heterocycles. The summed E-state index contributed by atoms with van der Waals surface area (Å²) in [6.07, 6.45) is 2.21. The molecule has 0 aromatic heterocycles. The zero-order valence-corrected chi connectivity index (χ0v) is 9.33. The highest BCUT2D eigenvalue weighted by Crippen LogP contribution is 2.26. The Kier molecular flexibility index (Phi) is 2.96. The summed E-state index contributed by atoms with van der Waals surface area (Å²) in [7, 11) is -3.34. The summed E-state index contributed by atoms with van der Waals surface area (Å²) in [6, 6.07) is 2.01. The number of nitrogens with zero attached hydrogens (tertiary/aromatic N) is 2. The second-order valence-corrected chi connectivity index (χ2v) is 6.16. The molecule has 0 bridgehead atoms. The Bertz CT molecular complexity index is 359. The van der Waals surface area contributed by atoms with Gasteiger partial charge in [0.05, 0.1) is 6.07 Å². The fourth-order valence-electron chi connectivity index (χ4n) is 2.41. The average Bonchev–Trinajstić information content (AvgIpc) is 2.61. The van der Waals surface area contributed by atoms with Gasteiger partial charge >= 0.3 is 0 Å².